The third-order valence-electron chi connectivity index (χ3n) is 2.82. The molecule has 0 aliphatic heterocycles. The van der Waals surface area contributed by atoms with Crippen molar-refractivity contribution in [2.24, 2.45) is 5.73 Å². The highest BCUT2D eigenvalue weighted by molar-refractivity contribution is 5.45. The van der Waals surface area contributed by atoms with E-state index >= 15 is 0 Å². The predicted octanol–water partition coefficient (Wildman–Crippen LogP) is 2.96. The largest absolute Gasteiger partial charge is 0.493 e. The Balaban J connectivity index is 2.38. The van der Waals surface area contributed by atoms with E-state index in [2.05, 4.69) is 4.98 Å². The summed E-state index contributed by atoms with van der Waals surface area (Å²) in [6.45, 7) is 4.30. The van der Waals surface area contributed by atoms with Crippen molar-refractivity contribution in [2.45, 2.75) is 20.4 Å². The summed E-state index contributed by atoms with van der Waals surface area (Å²) >= 11 is 0. The third-order valence-corrected chi connectivity index (χ3v) is 2.82. The first-order valence-electron chi connectivity index (χ1n) is 6.13. The zero-order valence-corrected chi connectivity index (χ0v) is 11.4. The highest BCUT2D eigenvalue weighted by Gasteiger charge is 2.10. The molecule has 1 heterocycles. The summed E-state index contributed by atoms with van der Waals surface area (Å²) in [4.78, 5) is 4.38. The average Bonchev–Trinajstić information content (AvgIpc) is 2.41. The Morgan fingerprint density at radius 1 is 1.11 bits per heavy atom. The molecule has 0 atom stereocenters. The Hall–Kier alpha value is -2.07. The summed E-state index contributed by atoms with van der Waals surface area (Å²) in [5.74, 6) is 1.86. The van der Waals surface area contributed by atoms with Gasteiger partial charge in [-0.15, -0.1) is 0 Å². The normalized spacial score (nSPS) is 10.3. The van der Waals surface area contributed by atoms with E-state index in [1.807, 2.05) is 44.2 Å². The first-order chi connectivity index (χ1) is 9.13. The molecule has 100 valence electrons. The monoisotopic (exact) mass is 258 g/mol. The van der Waals surface area contributed by atoms with Gasteiger partial charge in [0.25, 0.3) is 0 Å². The number of nitrogens with zero attached hydrogens (tertiary/aromatic N) is 1. The van der Waals surface area contributed by atoms with E-state index in [1.165, 1.54) is 0 Å². The molecule has 0 radical (unpaired) electrons. The molecule has 19 heavy (non-hydrogen) atoms. The zero-order chi connectivity index (χ0) is 13.8. The van der Waals surface area contributed by atoms with E-state index in [1.54, 1.807) is 7.11 Å². The summed E-state index contributed by atoms with van der Waals surface area (Å²) in [5.41, 5.74) is 8.57. The van der Waals surface area contributed by atoms with E-state index in [4.69, 9.17) is 15.2 Å². The minimum atomic E-state index is 0.386. The Labute approximate surface area is 113 Å². The molecule has 0 aliphatic rings. The Morgan fingerprint density at radius 3 is 2.58 bits per heavy atom. The van der Waals surface area contributed by atoms with Crippen molar-refractivity contribution in [1.82, 2.24) is 4.98 Å². The van der Waals surface area contributed by atoms with Gasteiger partial charge in [-0.1, -0.05) is 12.1 Å². The second-order valence-corrected chi connectivity index (χ2v) is 4.38. The molecule has 1 aromatic carbocycles. The number of pyridine rings is 1. The van der Waals surface area contributed by atoms with Gasteiger partial charge in [-0.25, -0.2) is 4.98 Å². The molecule has 1 aromatic heterocycles. The lowest BCUT2D eigenvalue weighted by molar-refractivity contribution is 0.372. The van der Waals surface area contributed by atoms with Gasteiger partial charge in [-0.05, 0) is 37.6 Å². The molecule has 2 rings (SSSR count). The Morgan fingerprint density at radius 2 is 1.89 bits per heavy atom. The van der Waals surface area contributed by atoms with Gasteiger partial charge < -0.3 is 15.2 Å². The molecule has 0 bridgehead atoms. The van der Waals surface area contributed by atoms with Crippen LogP contribution >= 0.6 is 0 Å². The van der Waals surface area contributed by atoms with Crippen LogP contribution in [0.5, 0.6) is 17.4 Å². The number of methoxy groups -OCH3 is 1. The highest BCUT2D eigenvalue weighted by Crippen LogP contribution is 2.32. The molecular weight excluding hydrogens is 240 g/mol. The predicted molar refractivity (Wildman–Crippen MR) is 74.7 cm³/mol. The van der Waals surface area contributed by atoms with Crippen LogP contribution in [-0.4, -0.2) is 12.1 Å². The fraction of sp³-hybridized carbons (Fsp3) is 0.267. The van der Waals surface area contributed by atoms with Crippen LogP contribution in [0.2, 0.25) is 0 Å². The van der Waals surface area contributed by atoms with E-state index in [-0.39, 0.29) is 0 Å². The molecule has 0 aliphatic carbocycles. The van der Waals surface area contributed by atoms with Gasteiger partial charge in [-0.3, -0.25) is 0 Å². The lowest BCUT2D eigenvalue weighted by Gasteiger charge is -2.13. The molecule has 0 saturated heterocycles. The van der Waals surface area contributed by atoms with Gasteiger partial charge in [0.2, 0.25) is 5.88 Å². The van der Waals surface area contributed by atoms with Crippen LogP contribution in [0.3, 0.4) is 0 Å². The maximum Gasteiger partial charge on any atom is 0.224 e. The van der Waals surface area contributed by atoms with Crippen LogP contribution in [0, 0.1) is 13.8 Å². The minimum absolute atomic E-state index is 0.386. The number of hydrogen-bond donors (Lipinski definition) is 1. The summed E-state index contributed by atoms with van der Waals surface area (Å²) in [6.07, 6.45) is 0. The van der Waals surface area contributed by atoms with Crippen LogP contribution in [0.15, 0.2) is 30.3 Å². The van der Waals surface area contributed by atoms with E-state index in [9.17, 15) is 0 Å². The number of benzene rings is 1. The second-order valence-electron chi connectivity index (χ2n) is 4.38. The maximum atomic E-state index is 5.84. The van der Waals surface area contributed by atoms with Crippen molar-refractivity contribution >= 4 is 0 Å². The maximum absolute atomic E-state index is 5.84. The first kappa shape index (κ1) is 13.4. The molecule has 2 N–H and O–H groups in total. The van der Waals surface area contributed by atoms with Crippen molar-refractivity contribution in [3.63, 3.8) is 0 Å². The molecule has 4 heteroatoms. The van der Waals surface area contributed by atoms with E-state index in [0.717, 1.165) is 16.8 Å². The number of aromatic nitrogens is 1. The fourth-order valence-corrected chi connectivity index (χ4v) is 1.77. The van der Waals surface area contributed by atoms with Crippen LogP contribution in [0.4, 0.5) is 0 Å². The minimum Gasteiger partial charge on any atom is -0.493 e. The van der Waals surface area contributed by atoms with Gasteiger partial charge in [-0.2, -0.15) is 0 Å². The standard InChI is InChI=1S/C15H18N2O2/c1-10-4-7-13(14(8-10)18-3)19-15-12(9-16)6-5-11(2)17-15/h4-8H,9,16H2,1-3H3. The van der Waals surface area contributed by atoms with Crippen LogP contribution < -0.4 is 15.2 Å². The van der Waals surface area contributed by atoms with E-state index in [0.29, 0.717) is 23.9 Å². The quantitative estimate of drug-likeness (QED) is 0.916. The van der Waals surface area contributed by atoms with Crippen molar-refractivity contribution < 1.29 is 9.47 Å². The average molecular weight is 258 g/mol. The van der Waals surface area contributed by atoms with Gasteiger partial charge in [0.15, 0.2) is 11.5 Å². The Kier molecular flexibility index (Phi) is 4.02. The smallest absolute Gasteiger partial charge is 0.224 e. The Bertz CT molecular complexity index is 582. The molecule has 2 aromatic rings. The van der Waals surface area contributed by atoms with Gasteiger partial charge >= 0.3 is 0 Å². The first-order valence-corrected chi connectivity index (χ1v) is 6.13. The molecule has 4 nitrogen and oxygen atoms in total. The summed E-state index contributed by atoms with van der Waals surface area (Å²) in [7, 11) is 1.62. The van der Waals surface area contributed by atoms with Crippen LogP contribution in [0.1, 0.15) is 16.8 Å². The van der Waals surface area contributed by atoms with Crippen LogP contribution in [-0.2, 0) is 6.54 Å². The van der Waals surface area contributed by atoms with Crippen molar-refractivity contribution in [3.8, 4) is 17.4 Å². The zero-order valence-electron chi connectivity index (χ0n) is 11.4. The van der Waals surface area contributed by atoms with Crippen molar-refractivity contribution in [1.29, 1.82) is 0 Å². The molecule has 0 saturated carbocycles. The van der Waals surface area contributed by atoms with Gasteiger partial charge in [0.05, 0.1) is 7.11 Å². The second kappa shape index (κ2) is 5.71. The van der Waals surface area contributed by atoms with E-state index < -0.39 is 0 Å². The number of ether oxygens (including phenoxy) is 2. The van der Waals surface area contributed by atoms with Crippen molar-refractivity contribution in [2.75, 3.05) is 7.11 Å². The summed E-state index contributed by atoms with van der Waals surface area (Å²) < 4.78 is 11.2. The topological polar surface area (TPSA) is 57.4 Å². The summed E-state index contributed by atoms with van der Waals surface area (Å²) in [5, 5.41) is 0. The lowest BCUT2D eigenvalue weighted by Crippen LogP contribution is -2.02. The number of aryl methyl sites for hydroxylation is 2. The lowest BCUT2D eigenvalue weighted by atomic mass is 10.2. The highest BCUT2D eigenvalue weighted by atomic mass is 16.5. The number of hydrogen-bond acceptors (Lipinski definition) is 4. The number of rotatable bonds is 4. The van der Waals surface area contributed by atoms with Gasteiger partial charge in [0, 0.05) is 17.8 Å². The van der Waals surface area contributed by atoms with Gasteiger partial charge in [0.1, 0.15) is 0 Å². The molecule has 0 amide bonds. The molecule has 0 fully saturated rings. The fourth-order valence-electron chi connectivity index (χ4n) is 1.77. The molecular formula is C15H18N2O2. The SMILES string of the molecule is COc1cc(C)ccc1Oc1nc(C)ccc1CN. The van der Waals surface area contributed by atoms with Crippen molar-refractivity contribution in [3.05, 3.63) is 47.2 Å². The third kappa shape index (κ3) is 3.03. The van der Waals surface area contributed by atoms with Crippen LogP contribution in [0.25, 0.3) is 0 Å². The number of nitrogens with two attached hydrogens (primary N) is 1. The molecule has 0 unspecified atom stereocenters. The molecule has 0 spiro atoms. The summed E-state index contributed by atoms with van der Waals surface area (Å²) in [6, 6.07) is 9.61.